The fourth-order valence-corrected chi connectivity index (χ4v) is 2.99. The number of amides is 2. The van der Waals surface area contributed by atoms with E-state index < -0.39 is 17.6 Å². The summed E-state index contributed by atoms with van der Waals surface area (Å²) in [5.74, 6) is -0.510. The van der Waals surface area contributed by atoms with Crippen LogP contribution in [0.15, 0.2) is 24.3 Å². The van der Waals surface area contributed by atoms with Gasteiger partial charge in [-0.05, 0) is 38.5 Å². The summed E-state index contributed by atoms with van der Waals surface area (Å²) in [6, 6.07) is 3.37. The number of benzene rings is 1. The lowest BCUT2D eigenvalue weighted by Crippen LogP contribution is -2.36. The summed E-state index contributed by atoms with van der Waals surface area (Å²) < 4.78 is 10.6. The Bertz CT molecular complexity index is 767. The van der Waals surface area contributed by atoms with Crippen LogP contribution in [-0.4, -0.2) is 61.9 Å². The molecule has 0 radical (unpaired) electrons. The highest BCUT2D eigenvalue weighted by atomic mass is 16.6. The molecule has 0 atom stereocenters. The fourth-order valence-electron chi connectivity index (χ4n) is 2.99. The van der Waals surface area contributed by atoms with Gasteiger partial charge in [0.25, 0.3) is 0 Å². The first-order valence-corrected chi connectivity index (χ1v) is 10.0. The number of primary amides is 1. The van der Waals surface area contributed by atoms with Gasteiger partial charge < -0.3 is 31.6 Å². The molecule has 0 saturated carbocycles. The van der Waals surface area contributed by atoms with Crippen molar-refractivity contribution >= 4 is 23.4 Å². The average molecular weight is 420 g/mol. The van der Waals surface area contributed by atoms with Crippen LogP contribution in [0.1, 0.15) is 36.7 Å². The number of hydrogen-bond acceptors (Lipinski definition) is 7. The van der Waals surface area contributed by atoms with Gasteiger partial charge in [-0.1, -0.05) is 12.2 Å². The molecule has 0 bridgehead atoms. The van der Waals surface area contributed by atoms with Gasteiger partial charge in [-0.2, -0.15) is 0 Å². The molecule has 1 aromatic rings. The van der Waals surface area contributed by atoms with E-state index in [9.17, 15) is 9.59 Å². The average Bonchev–Trinajstić information content (AvgIpc) is 2.65. The number of anilines is 2. The van der Waals surface area contributed by atoms with Gasteiger partial charge in [0.1, 0.15) is 5.60 Å². The maximum atomic E-state index is 11.6. The van der Waals surface area contributed by atoms with E-state index in [2.05, 4.69) is 15.5 Å². The number of morpholine rings is 1. The number of rotatable bonds is 8. The largest absolute Gasteiger partial charge is 0.444 e. The van der Waals surface area contributed by atoms with E-state index in [-0.39, 0.29) is 0 Å². The van der Waals surface area contributed by atoms with E-state index in [0.717, 1.165) is 24.3 Å². The monoisotopic (exact) mass is 419 g/mol. The highest BCUT2D eigenvalue weighted by Gasteiger charge is 2.17. The van der Waals surface area contributed by atoms with Crippen molar-refractivity contribution in [3.63, 3.8) is 0 Å². The van der Waals surface area contributed by atoms with Crippen molar-refractivity contribution in [3.05, 3.63) is 35.4 Å². The molecule has 1 aliphatic heterocycles. The minimum absolute atomic E-state index is 0.354. The number of nitrogens with zero attached hydrogens (tertiary/aromatic N) is 1. The number of alkyl carbamates (subject to hydrolysis) is 1. The van der Waals surface area contributed by atoms with E-state index in [0.29, 0.717) is 44.1 Å². The minimum Gasteiger partial charge on any atom is -0.444 e. The molecular formula is C21H33N5O4. The first-order chi connectivity index (χ1) is 14.2. The number of nitrogen functional groups attached to an aromatic ring is 1. The van der Waals surface area contributed by atoms with Crippen molar-refractivity contribution in [2.24, 2.45) is 5.73 Å². The lowest BCUT2D eigenvalue weighted by atomic mass is 10.0. The Labute approximate surface area is 177 Å². The van der Waals surface area contributed by atoms with Crippen molar-refractivity contribution < 1.29 is 19.1 Å². The molecule has 2 rings (SSSR count). The molecule has 0 unspecified atom stereocenters. The number of ether oxygens (including phenoxy) is 2. The van der Waals surface area contributed by atoms with E-state index in [1.165, 1.54) is 0 Å². The van der Waals surface area contributed by atoms with E-state index in [4.69, 9.17) is 20.9 Å². The summed E-state index contributed by atoms with van der Waals surface area (Å²) in [5.41, 5.74) is 13.7. The van der Waals surface area contributed by atoms with Crippen LogP contribution < -0.4 is 22.1 Å². The molecule has 1 saturated heterocycles. The van der Waals surface area contributed by atoms with Gasteiger partial charge >= 0.3 is 6.09 Å². The summed E-state index contributed by atoms with van der Waals surface area (Å²) in [5, 5.41) is 5.96. The van der Waals surface area contributed by atoms with Crippen molar-refractivity contribution in [2.45, 2.75) is 32.9 Å². The molecule has 0 aliphatic carbocycles. The molecular weight excluding hydrogens is 386 g/mol. The van der Waals surface area contributed by atoms with Gasteiger partial charge in [0, 0.05) is 38.3 Å². The van der Waals surface area contributed by atoms with Gasteiger partial charge in [-0.3, -0.25) is 9.69 Å². The molecule has 9 heteroatoms. The lowest BCUT2D eigenvalue weighted by molar-refractivity contribution is 0.0342. The Balaban J connectivity index is 1.96. The van der Waals surface area contributed by atoms with Crippen LogP contribution in [-0.2, 0) is 16.0 Å². The zero-order valence-electron chi connectivity index (χ0n) is 18.0. The molecule has 1 fully saturated rings. The minimum atomic E-state index is -0.527. The van der Waals surface area contributed by atoms with Crippen LogP contribution in [0.25, 0.3) is 0 Å². The molecule has 1 aromatic carbocycles. The van der Waals surface area contributed by atoms with Gasteiger partial charge in [-0.15, -0.1) is 0 Å². The summed E-state index contributed by atoms with van der Waals surface area (Å²) in [6.45, 7) is 9.94. The van der Waals surface area contributed by atoms with Crippen LogP contribution >= 0.6 is 0 Å². The highest BCUT2D eigenvalue weighted by molar-refractivity contribution is 5.95. The zero-order chi connectivity index (χ0) is 22.1. The third kappa shape index (κ3) is 7.92. The molecule has 1 aliphatic rings. The molecule has 9 nitrogen and oxygen atoms in total. The quantitative estimate of drug-likeness (QED) is 0.372. The third-order valence-corrected chi connectivity index (χ3v) is 4.36. The van der Waals surface area contributed by atoms with Crippen LogP contribution in [0, 0.1) is 0 Å². The topological polar surface area (TPSA) is 132 Å². The molecule has 0 spiro atoms. The standard InChI is InChI=1S/C21H33N5O4/c1-21(2,3)30-20(28)25-7-5-4-6-24-18-16(14-26-8-10-29-11-9-26)12-15(19(23)27)13-17(18)22/h4-5,12-13,24H,6-11,14,22H2,1-3H3,(H2,23,27)(H,25,28)/b5-4+. The second kappa shape index (κ2) is 10.8. The molecule has 1 heterocycles. The maximum absolute atomic E-state index is 11.6. The van der Waals surface area contributed by atoms with Crippen LogP contribution in [0.4, 0.5) is 16.2 Å². The van der Waals surface area contributed by atoms with Crippen molar-refractivity contribution in [1.82, 2.24) is 10.2 Å². The molecule has 30 heavy (non-hydrogen) atoms. The number of carbonyl (C=O) groups excluding carboxylic acids is 2. The van der Waals surface area contributed by atoms with E-state index in [1.54, 1.807) is 12.1 Å². The normalized spacial score (nSPS) is 15.2. The zero-order valence-corrected chi connectivity index (χ0v) is 18.0. The highest BCUT2D eigenvalue weighted by Crippen LogP contribution is 2.27. The molecule has 2 amide bonds. The summed E-state index contributed by atoms with van der Waals surface area (Å²) >= 11 is 0. The number of hydrogen-bond donors (Lipinski definition) is 4. The third-order valence-electron chi connectivity index (χ3n) is 4.36. The van der Waals surface area contributed by atoms with Gasteiger partial charge in [-0.25, -0.2) is 4.79 Å². The Kier molecular flexibility index (Phi) is 8.49. The van der Waals surface area contributed by atoms with E-state index >= 15 is 0 Å². The first kappa shape index (κ1) is 23.5. The second-order valence-electron chi connectivity index (χ2n) is 8.09. The second-order valence-corrected chi connectivity index (χ2v) is 8.09. The Hall–Kier alpha value is -2.78. The molecule has 6 N–H and O–H groups in total. The van der Waals surface area contributed by atoms with Crippen molar-refractivity contribution in [2.75, 3.05) is 50.4 Å². The summed E-state index contributed by atoms with van der Waals surface area (Å²) in [6.07, 6.45) is 3.25. The molecule has 0 aromatic heterocycles. The summed E-state index contributed by atoms with van der Waals surface area (Å²) in [7, 11) is 0. The lowest BCUT2D eigenvalue weighted by Gasteiger charge is -2.28. The van der Waals surface area contributed by atoms with Crippen LogP contribution in [0.5, 0.6) is 0 Å². The van der Waals surface area contributed by atoms with Gasteiger partial charge in [0.15, 0.2) is 0 Å². The smallest absolute Gasteiger partial charge is 0.407 e. The van der Waals surface area contributed by atoms with Gasteiger partial charge in [0.05, 0.1) is 24.6 Å². The SMILES string of the molecule is CC(C)(C)OC(=O)NC/C=C/CNc1c(N)cc(C(N)=O)cc1CN1CCOCC1. The van der Waals surface area contributed by atoms with Crippen molar-refractivity contribution in [1.29, 1.82) is 0 Å². The Morgan fingerprint density at radius 3 is 2.50 bits per heavy atom. The van der Waals surface area contributed by atoms with Gasteiger partial charge in [0.2, 0.25) is 5.91 Å². The Morgan fingerprint density at radius 1 is 1.20 bits per heavy atom. The summed E-state index contributed by atoms with van der Waals surface area (Å²) in [4.78, 5) is 25.5. The number of nitrogens with two attached hydrogens (primary N) is 2. The fraction of sp³-hybridized carbons (Fsp3) is 0.524. The number of nitrogens with one attached hydrogen (secondary N) is 2. The Morgan fingerprint density at radius 2 is 1.87 bits per heavy atom. The predicted octanol–water partition coefficient (Wildman–Crippen LogP) is 1.69. The van der Waals surface area contributed by atoms with E-state index in [1.807, 2.05) is 32.9 Å². The maximum Gasteiger partial charge on any atom is 0.407 e. The van der Waals surface area contributed by atoms with Crippen LogP contribution in [0.2, 0.25) is 0 Å². The van der Waals surface area contributed by atoms with Crippen LogP contribution in [0.3, 0.4) is 0 Å². The first-order valence-electron chi connectivity index (χ1n) is 10.0. The predicted molar refractivity (Wildman–Crippen MR) is 117 cm³/mol. The molecule has 166 valence electrons. The van der Waals surface area contributed by atoms with Crippen molar-refractivity contribution in [3.8, 4) is 0 Å². The number of carbonyl (C=O) groups is 2.